The third kappa shape index (κ3) is 5.21. The van der Waals surface area contributed by atoms with Crippen LogP contribution in [0.3, 0.4) is 0 Å². The van der Waals surface area contributed by atoms with Gasteiger partial charge in [-0.25, -0.2) is 0 Å². The van der Waals surface area contributed by atoms with Gasteiger partial charge < -0.3 is 0 Å². The Labute approximate surface area is 318 Å². The van der Waals surface area contributed by atoms with Crippen molar-refractivity contribution in [3.8, 4) is 66.8 Å². The summed E-state index contributed by atoms with van der Waals surface area (Å²) < 4.78 is 0. The minimum absolute atomic E-state index is 0.179. The SMILES string of the molecule is Cc1ccc(-c2ccc3c(c2)C(C)(C)c2cc4c(-c5cccc(-c6ccccc6)c5)c5ccccc5c(-c5cccc(-c6ccccc6)c5)c4cc2-3)cc1. The molecule has 0 saturated heterocycles. The van der Waals surface area contributed by atoms with Gasteiger partial charge >= 0.3 is 0 Å². The van der Waals surface area contributed by atoms with Crippen LogP contribution in [0.4, 0.5) is 0 Å². The van der Waals surface area contributed by atoms with Crippen LogP contribution in [-0.4, -0.2) is 0 Å². The van der Waals surface area contributed by atoms with Crippen LogP contribution in [-0.2, 0) is 5.41 Å². The zero-order valence-electron chi connectivity index (χ0n) is 30.9. The molecule has 9 aromatic carbocycles. The Morgan fingerprint density at radius 2 is 0.722 bits per heavy atom. The molecule has 0 spiro atoms. The average Bonchev–Trinajstić information content (AvgIpc) is 3.44. The van der Waals surface area contributed by atoms with E-state index >= 15 is 0 Å². The minimum atomic E-state index is -0.179. The first kappa shape index (κ1) is 32.2. The number of benzene rings is 9. The Balaban J connectivity index is 1.28. The van der Waals surface area contributed by atoms with Gasteiger partial charge in [-0.05, 0) is 137 Å². The van der Waals surface area contributed by atoms with E-state index in [0.717, 1.165) is 0 Å². The molecule has 0 unspecified atom stereocenters. The van der Waals surface area contributed by atoms with Gasteiger partial charge in [0.15, 0.2) is 0 Å². The summed E-state index contributed by atoms with van der Waals surface area (Å²) in [5.74, 6) is 0. The Hall–Kier alpha value is -6.50. The number of hydrogen-bond donors (Lipinski definition) is 0. The normalized spacial score (nSPS) is 12.9. The standard InChI is InChI=1S/C54H40/c1-35-24-26-38(27-25-35)41-28-29-44-47-33-48-49(34-51(47)54(2,3)50(44)32-41)53(43-21-13-19-40(31-43)37-16-8-5-9-17-37)46-23-11-10-22-45(46)52(48)42-20-12-18-39(30-42)36-14-6-4-7-15-36/h4-34H,1-3H3. The number of aryl methyl sites for hydroxylation is 1. The van der Waals surface area contributed by atoms with Crippen LogP contribution in [0.2, 0.25) is 0 Å². The van der Waals surface area contributed by atoms with Gasteiger partial charge in [0.1, 0.15) is 0 Å². The van der Waals surface area contributed by atoms with Crippen LogP contribution in [0, 0.1) is 6.92 Å². The molecule has 0 amide bonds. The van der Waals surface area contributed by atoms with Crippen LogP contribution < -0.4 is 0 Å². The number of hydrogen-bond acceptors (Lipinski definition) is 0. The van der Waals surface area contributed by atoms with Crippen LogP contribution in [0.5, 0.6) is 0 Å². The Kier molecular flexibility index (Phi) is 7.49. The summed E-state index contributed by atoms with van der Waals surface area (Å²) in [6.45, 7) is 6.96. The van der Waals surface area contributed by atoms with E-state index < -0.39 is 0 Å². The molecule has 54 heavy (non-hydrogen) atoms. The fourth-order valence-corrected chi connectivity index (χ4v) is 8.92. The first-order valence-electron chi connectivity index (χ1n) is 19.0. The number of fused-ring (bicyclic) bond motifs is 5. The third-order valence-corrected chi connectivity index (χ3v) is 11.7. The quantitative estimate of drug-likeness (QED) is 0.158. The average molecular weight is 689 g/mol. The van der Waals surface area contributed by atoms with Crippen molar-refractivity contribution in [3.63, 3.8) is 0 Å². The maximum atomic E-state index is 2.54. The summed E-state index contributed by atoms with van der Waals surface area (Å²) >= 11 is 0. The number of rotatable bonds is 5. The highest BCUT2D eigenvalue weighted by Crippen LogP contribution is 2.54. The predicted octanol–water partition coefficient (Wildman–Crippen LogP) is 14.9. The van der Waals surface area contributed by atoms with Gasteiger partial charge in [-0.3, -0.25) is 0 Å². The molecule has 1 aliphatic carbocycles. The van der Waals surface area contributed by atoms with E-state index in [1.54, 1.807) is 0 Å². The predicted molar refractivity (Wildman–Crippen MR) is 231 cm³/mol. The molecular weight excluding hydrogens is 649 g/mol. The topological polar surface area (TPSA) is 0 Å². The molecule has 256 valence electrons. The lowest BCUT2D eigenvalue weighted by Crippen LogP contribution is -2.15. The van der Waals surface area contributed by atoms with Crippen molar-refractivity contribution in [2.24, 2.45) is 0 Å². The highest BCUT2D eigenvalue weighted by Gasteiger charge is 2.37. The van der Waals surface area contributed by atoms with Crippen molar-refractivity contribution in [1.82, 2.24) is 0 Å². The molecule has 0 nitrogen and oxygen atoms in total. The molecule has 0 atom stereocenters. The van der Waals surface area contributed by atoms with Gasteiger partial charge in [0.05, 0.1) is 0 Å². The minimum Gasteiger partial charge on any atom is -0.0622 e. The third-order valence-electron chi connectivity index (χ3n) is 11.7. The molecule has 0 fully saturated rings. The first-order valence-corrected chi connectivity index (χ1v) is 19.0. The summed E-state index contributed by atoms with van der Waals surface area (Å²) in [6, 6.07) is 69.9. The Bertz CT molecular complexity index is 2870. The lowest BCUT2D eigenvalue weighted by atomic mass is 9.79. The second kappa shape index (κ2) is 12.6. The second-order valence-corrected chi connectivity index (χ2v) is 15.4. The van der Waals surface area contributed by atoms with E-state index in [0.29, 0.717) is 0 Å². The molecule has 10 rings (SSSR count). The first-order chi connectivity index (χ1) is 26.4. The zero-order valence-corrected chi connectivity index (χ0v) is 30.9. The maximum absolute atomic E-state index is 2.54. The summed E-state index contributed by atoms with van der Waals surface area (Å²) in [5.41, 5.74) is 19.0. The van der Waals surface area contributed by atoms with E-state index in [1.807, 2.05) is 0 Å². The van der Waals surface area contributed by atoms with Gasteiger partial charge in [0.2, 0.25) is 0 Å². The van der Waals surface area contributed by atoms with Crippen molar-refractivity contribution in [2.45, 2.75) is 26.2 Å². The lowest BCUT2D eigenvalue weighted by molar-refractivity contribution is 0.661. The highest BCUT2D eigenvalue weighted by atomic mass is 14.4. The van der Waals surface area contributed by atoms with E-state index in [-0.39, 0.29) is 5.41 Å². The van der Waals surface area contributed by atoms with Crippen LogP contribution >= 0.6 is 0 Å². The second-order valence-electron chi connectivity index (χ2n) is 15.4. The van der Waals surface area contributed by atoms with Crippen LogP contribution in [0.25, 0.3) is 88.3 Å². The molecule has 1 aliphatic rings. The lowest BCUT2D eigenvalue weighted by Gasteiger charge is -2.24. The smallest absolute Gasteiger partial charge is 0.0159 e. The fraction of sp³-hybridized carbons (Fsp3) is 0.0741. The Morgan fingerprint density at radius 3 is 1.30 bits per heavy atom. The monoisotopic (exact) mass is 688 g/mol. The summed E-state index contributed by atoms with van der Waals surface area (Å²) in [5, 5.41) is 5.11. The molecule has 0 heteroatoms. The molecule has 0 saturated carbocycles. The molecule has 0 aliphatic heterocycles. The molecule has 0 bridgehead atoms. The van der Waals surface area contributed by atoms with E-state index in [2.05, 4.69) is 209 Å². The molecule has 0 heterocycles. The van der Waals surface area contributed by atoms with Gasteiger partial charge in [-0.1, -0.05) is 177 Å². The van der Waals surface area contributed by atoms with Gasteiger partial charge in [0.25, 0.3) is 0 Å². The summed E-state index contributed by atoms with van der Waals surface area (Å²) in [4.78, 5) is 0. The van der Waals surface area contributed by atoms with Gasteiger partial charge in [0, 0.05) is 5.41 Å². The van der Waals surface area contributed by atoms with E-state index in [4.69, 9.17) is 0 Å². The van der Waals surface area contributed by atoms with Gasteiger partial charge in [-0.2, -0.15) is 0 Å². The van der Waals surface area contributed by atoms with Crippen molar-refractivity contribution in [3.05, 3.63) is 205 Å². The summed E-state index contributed by atoms with van der Waals surface area (Å²) in [6.07, 6.45) is 0. The molecule has 0 aromatic heterocycles. The molecular formula is C54H40. The van der Waals surface area contributed by atoms with Crippen molar-refractivity contribution in [2.75, 3.05) is 0 Å². The zero-order chi connectivity index (χ0) is 36.4. The van der Waals surface area contributed by atoms with E-state index in [9.17, 15) is 0 Å². The fourth-order valence-electron chi connectivity index (χ4n) is 8.92. The van der Waals surface area contributed by atoms with Crippen molar-refractivity contribution < 1.29 is 0 Å². The maximum Gasteiger partial charge on any atom is 0.0159 e. The van der Waals surface area contributed by atoms with Crippen molar-refractivity contribution in [1.29, 1.82) is 0 Å². The van der Waals surface area contributed by atoms with Gasteiger partial charge in [-0.15, -0.1) is 0 Å². The van der Waals surface area contributed by atoms with E-state index in [1.165, 1.54) is 105 Å². The molecule has 0 radical (unpaired) electrons. The van der Waals surface area contributed by atoms with Crippen molar-refractivity contribution >= 4 is 21.5 Å². The highest BCUT2D eigenvalue weighted by molar-refractivity contribution is 6.22. The Morgan fingerprint density at radius 1 is 0.296 bits per heavy atom. The molecule has 0 N–H and O–H groups in total. The molecule has 9 aromatic rings. The largest absolute Gasteiger partial charge is 0.0622 e. The van der Waals surface area contributed by atoms with Crippen LogP contribution in [0.1, 0.15) is 30.5 Å². The van der Waals surface area contributed by atoms with Crippen LogP contribution in [0.15, 0.2) is 188 Å². The summed E-state index contributed by atoms with van der Waals surface area (Å²) in [7, 11) is 0.